The molecule has 1 aliphatic heterocycles. The fourth-order valence-electron chi connectivity index (χ4n) is 4.07. The highest BCUT2D eigenvalue weighted by Gasteiger charge is 2.35. The highest BCUT2D eigenvalue weighted by molar-refractivity contribution is 5.82. The summed E-state index contributed by atoms with van der Waals surface area (Å²) in [5, 5.41) is 3.13. The third kappa shape index (κ3) is 5.74. The fraction of sp³-hybridized carbons (Fsp3) is 0.360. The highest BCUT2D eigenvalue weighted by Crippen LogP contribution is 2.37. The van der Waals surface area contributed by atoms with E-state index in [4.69, 9.17) is 11.5 Å². The van der Waals surface area contributed by atoms with Gasteiger partial charge in [0, 0.05) is 38.9 Å². The van der Waals surface area contributed by atoms with Gasteiger partial charge in [0.25, 0.3) is 0 Å². The lowest BCUT2D eigenvalue weighted by Gasteiger charge is -2.38. The lowest BCUT2D eigenvalue weighted by atomic mass is 9.91. The van der Waals surface area contributed by atoms with E-state index in [1.165, 1.54) is 12.3 Å². The molecule has 1 fully saturated rings. The van der Waals surface area contributed by atoms with E-state index in [9.17, 15) is 13.2 Å². The van der Waals surface area contributed by atoms with Gasteiger partial charge in [0.15, 0.2) is 11.6 Å². The molecule has 0 unspecified atom stereocenters. The number of nitrogens with one attached hydrogen (secondary N) is 1. The maximum Gasteiger partial charge on any atom is 0.418 e. The van der Waals surface area contributed by atoms with Crippen molar-refractivity contribution in [2.75, 3.05) is 48.0 Å². The first-order valence-corrected chi connectivity index (χ1v) is 11.7. The molecule has 0 aliphatic carbocycles. The van der Waals surface area contributed by atoms with E-state index in [1.807, 2.05) is 19.1 Å². The van der Waals surface area contributed by atoms with Crippen LogP contribution in [-0.4, -0.2) is 52.7 Å². The van der Waals surface area contributed by atoms with E-state index in [0.717, 1.165) is 37.7 Å². The lowest BCUT2D eigenvalue weighted by Crippen LogP contribution is -2.48. The molecule has 3 aromatic heterocycles. The number of pyridine rings is 2. The number of hydrogen-bond acceptors (Lipinski definition) is 9. The summed E-state index contributed by atoms with van der Waals surface area (Å²) in [6.45, 7) is 7.57. The summed E-state index contributed by atoms with van der Waals surface area (Å²) in [4.78, 5) is 20.9. The summed E-state index contributed by atoms with van der Waals surface area (Å²) < 4.78 is 41.4. The van der Waals surface area contributed by atoms with Gasteiger partial charge in [-0.05, 0) is 44.0 Å². The average Bonchev–Trinajstić information content (AvgIpc) is 2.84. The molecular formula is C25H30F3N9. The van der Waals surface area contributed by atoms with Gasteiger partial charge in [0.05, 0.1) is 23.1 Å². The highest BCUT2D eigenvalue weighted by atomic mass is 19.4. The monoisotopic (exact) mass is 513 g/mol. The molecule has 0 amide bonds. The molecule has 0 atom stereocenters. The molecule has 0 aromatic carbocycles. The summed E-state index contributed by atoms with van der Waals surface area (Å²) >= 11 is 0. The number of nitrogens with two attached hydrogens (primary N) is 2. The maximum atomic E-state index is 13.8. The zero-order valence-electron chi connectivity index (χ0n) is 21.0. The fourth-order valence-corrected chi connectivity index (χ4v) is 4.07. The van der Waals surface area contributed by atoms with Gasteiger partial charge >= 0.3 is 6.18 Å². The molecule has 0 bridgehead atoms. The molecule has 12 heteroatoms. The molecule has 196 valence electrons. The Morgan fingerprint density at radius 2 is 1.84 bits per heavy atom. The number of nitrogens with zero attached hydrogens (tertiary/aromatic N) is 6. The average molecular weight is 514 g/mol. The molecular weight excluding hydrogens is 483 g/mol. The minimum atomic E-state index is -4.64. The number of anilines is 4. The molecule has 0 spiro atoms. The number of aromatic nitrogens is 4. The van der Waals surface area contributed by atoms with E-state index >= 15 is 0 Å². The van der Waals surface area contributed by atoms with Crippen LogP contribution < -0.4 is 26.6 Å². The van der Waals surface area contributed by atoms with Crippen molar-refractivity contribution in [3.05, 3.63) is 54.5 Å². The zero-order chi connectivity index (χ0) is 27.0. The van der Waals surface area contributed by atoms with E-state index in [1.54, 1.807) is 25.2 Å². The van der Waals surface area contributed by atoms with Crippen molar-refractivity contribution < 1.29 is 13.2 Å². The Labute approximate surface area is 213 Å². The Morgan fingerprint density at radius 3 is 2.49 bits per heavy atom. The van der Waals surface area contributed by atoms with E-state index in [0.29, 0.717) is 11.6 Å². The molecule has 0 saturated carbocycles. The molecule has 4 rings (SSSR count). The number of halogens is 3. The smallest absolute Gasteiger partial charge is 0.382 e. The Bertz CT molecular complexity index is 1290. The second-order valence-electron chi connectivity index (χ2n) is 9.56. The van der Waals surface area contributed by atoms with Gasteiger partial charge in [-0.3, -0.25) is 0 Å². The molecule has 5 N–H and O–H groups in total. The summed E-state index contributed by atoms with van der Waals surface area (Å²) in [6, 6.07) is 6.04. The second kappa shape index (κ2) is 9.85. The molecule has 9 nitrogen and oxygen atoms in total. The van der Waals surface area contributed by atoms with Gasteiger partial charge in [-0.2, -0.15) is 13.2 Å². The number of piperidine rings is 1. The molecule has 37 heavy (non-hydrogen) atoms. The molecule has 3 aromatic rings. The van der Waals surface area contributed by atoms with Gasteiger partial charge in [0.2, 0.25) is 0 Å². The first kappa shape index (κ1) is 26.1. The van der Waals surface area contributed by atoms with Gasteiger partial charge in [-0.1, -0.05) is 6.58 Å². The number of alkyl halides is 3. The molecule has 1 saturated heterocycles. The number of hydrogen-bond donors (Lipinski definition) is 3. The van der Waals surface area contributed by atoms with Crippen molar-refractivity contribution in [1.29, 1.82) is 0 Å². The summed E-state index contributed by atoms with van der Waals surface area (Å²) in [7, 11) is 3.37. The van der Waals surface area contributed by atoms with Crippen molar-refractivity contribution in [1.82, 2.24) is 19.9 Å². The van der Waals surface area contributed by atoms with Gasteiger partial charge in [-0.25, -0.2) is 19.9 Å². The first-order chi connectivity index (χ1) is 17.4. The van der Waals surface area contributed by atoms with E-state index in [-0.39, 0.29) is 34.1 Å². The van der Waals surface area contributed by atoms with Crippen molar-refractivity contribution >= 4 is 28.8 Å². The minimum absolute atomic E-state index is 0.00734. The van der Waals surface area contributed by atoms with Gasteiger partial charge in [-0.15, -0.1) is 0 Å². The molecule has 1 aliphatic rings. The Morgan fingerprint density at radius 1 is 1.14 bits per heavy atom. The van der Waals surface area contributed by atoms with Crippen LogP contribution in [0.5, 0.6) is 0 Å². The standard InChI is InChI=1S/C25H30F3N9/c1-15(33-23-18(6-5-11-31-23)37-12-9-24(2,30)10-13-37)20-22(29)32-14-17(34-20)21-16(25(26,27)28)7-8-19(35-21)36(3)4/h5-8,11,14H,1,9-10,12-13,30H2,2-4H3,(H2,29,32)(H,31,33). The SMILES string of the molecule is C=C(Nc1ncccc1N1CCC(C)(N)CC1)c1nc(-c2nc(N(C)C)ccc2C(F)(F)F)cnc1N. The van der Waals surface area contributed by atoms with Crippen LogP contribution in [-0.2, 0) is 6.18 Å². The normalized spacial score (nSPS) is 15.4. The van der Waals surface area contributed by atoms with Crippen LogP contribution in [0.2, 0.25) is 0 Å². The van der Waals surface area contributed by atoms with Crippen LogP contribution in [0.15, 0.2) is 43.2 Å². The van der Waals surface area contributed by atoms with E-state index < -0.39 is 11.7 Å². The number of rotatable bonds is 6. The Balaban J connectivity index is 1.67. The third-order valence-electron chi connectivity index (χ3n) is 6.28. The summed E-state index contributed by atoms with van der Waals surface area (Å²) in [5.74, 6) is 0.865. The maximum absolute atomic E-state index is 13.8. The van der Waals surface area contributed by atoms with Crippen molar-refractivity contribution in [2.24, 2.45) is 5.73 Å². The van der Waals surface area contributed by atoms with Crippen molar-refractivity contribution in [3.8, 4) is 11.4 Å². The molecule has 4 heterocycles. The zero-order valence-corrected chi connectivity index (χ0v) is 21.0. The third-order valence-corrected chi connectivity index (χ3v) is 6.28. The quantitative estimate of drug-likeness (QED) is 0.449. The lowest BCUT2D eigenvalue weighted by molar-refractivity contribution is -0.137. The Hall–Kier alpha value is -3.93. The Kier molecular flexibility index (Phi) is 6.96. The summed E-state index contributed by atoms with van der Waals surface area (Å²) in [5.41, 5.74) is 12.0. The minimum Gasteiger partial charge on any atom is -0.382 e. The van der Waals surface area contributed by atoms with Crippen LogP contribution in [0.1, 0.15) is 31.0 Å². The van der Waals surface area contributed by atoms with Crippen LogP contribution in [0, 0.1) is 0 Å². The van der Waals surface area contributed by atoms with Crippen molar-refractivity contribution in [3.63, 3.8) is 0 Å². The second-order valence-corrected chi connectivity index (χ2v) is 9.56. The molecule has 0 radical (unpaired) electrons. The predicted octanol–water partition coefficient (Wildman–Crippen LogP) is 4.00. The van der Waals surface area contributed by atoms with Gasteiger partial charge in [0.1, 0.15) is 22.9 Å². The topological polar surface area (TPSA) is 122 Å². The van der Waals surface area contributed by atoms with Crippen LogP contribution >= 0.6 is 0 Å². The largest absolute Gasteiger partial charge is 0.418 e. The van der Waals surface area contributed by atoms with Crippen molar-refractivity contribution in [2.45, 2.75) is 31.5 Å². The van der Waals surface area contributed by atoms with Crippen LogP contribution in [0.3, 0.4) is 0 Å². The predicted molar refractivity (Wildman–Crippen MR) is 140 cm³/mol. The first-order valence-electron chi connectivity index (χ1n) is 11.7. The van der Waals surface area contributed by atoms with Gasteiger partial charge < -0.3 is 26.6 Å². The van der Waals surface area contributed by atoms with E-state index in [2.05, 4.69) is 36.7 Å². The summed E-state index contributed by atoms with van der Waals surface area (Å²) in [6.07, 6.45) is -0.185. The van der Waals surface area contributed by atoms with Crippen LogP contribution in [0.4, 0.5) is 36.3 Å². The van der Waals surface area contributed by atoms with Crippen LogP contribution in [0.25, 0.3) is 17.1 Å². The number of nitrogen functional groups attached to an aromatic ring is 1.